The van der Waals surface area contributed by atoms with Crippen molar-refractivity contribution in [3.8, 4) is 0 Å². The minimum absolute atomic E-state index is 0.647. The molecule has 1 aromatic carbocycles. The second-order valence-corrected chi connectivity index (χ2v) is 6.42. The Morgan fingerprint density at radius 1 is 1.30 bits per heavy atom. The van der Waals surface area contributed by atoms with E-state index in [2.05, 4.69) is 30.9 Å². The molecule has 0 heterocycles. The Bertz CT molecular complexity index is 433. The summed E-state index contributed by atoms with van der Waals surface area (Å²) in [6, 6.07) is 6.87. The summed E-state index contributed by atoms with van der Waals surface area (Å²) >= 11 is 6.05. The molecular weight excluding hydrogens is 268 g/mol. The van der Waals surface area contributed by atoms with E-state index >= 15 is 0 Å². The highest BCUT2D eigenvalue weighted by Gasteiger charge is 2.28. The molecule has 0 spiro atoms. The van der Waals surface area contributed by atoms with Crippen LogP contribution in [0.3, 0.4) is 0 Å². The van der Waals surface area contributed by atoms with E-state index < -0.39 is 0 Å². The molecule has 0 aromatic heterocycles. The van der Waals surface area contributed by atoms with E-state index in [4.69, 9.17) is 17.3 Å². The first-order chi connectivity index (χ1) is 9.65. The van der Waals surface area contributed by atoms with E-state index in [-0.39, 0.29) is 0 Å². The maximum atomic E-state index is 6.05. The zero-order valence-corrected chi connectivity index (χ0v) is 13.5. The van der Waals surface area contributed by atoms with Crippen molar-refractivity contribution < 1.29 is 0 Å². The number of aryl methyl sites for hydroxylation is 1. The number of halogens is 1. The van der Waals surface area contributed by atoms with Gasteiger partial charge in [-0.1, -0.05) is 37.4 Å². The Labute approximate surface area is 128 Å². The van der Waals surface area contributed by atoms with Crippen LogP contribution in [-0.4, -0.2) is 24.0 Å². The van der Waals surface area contributed by atoms with Crippen LogP contribution in [0, 0.1) is 12.8 Å². The quantitative estimate of drug-likeness (QED) is 0.890. The van der Waals surface area contributed by atoms with E-state index in [0.717, 1.165) is 24.7 Å². The number of nitrogens with two attached hydrogens (primary N) is 1. The van der Waals surface area contributed by atoms with Crippen LogP contribution in [0.4, 0.5) is 0 Å². The second-order valence-electron chi connectivity index (χ2n) is 5.98. The molecule has 1 aliphatic rings. The highest BCUT2D eigenvalue weighted by Crippen LogP contribution is 2.29. The number of nitrogens with zero attached hydrogens (tertiary/aromatic N) is 1. The first kappa shape index (κ1) is 15.8. The van der Waals surface area contributed by atoms with Crippen LogP contribution < -0.4 is 5.73 Å². The van der Waals surface area contributed by atoms with Crippen molar-refractivity contribution in [1.29, 1.82) is 0 Å². The van der Waals surface area contributed by atoms with Gasteiger partial charge in [0.2, 0.25) is 0 Å². The molecule has 20 heavy (non-hydrogen) atoms. The molecule has 2 nitrogen and oxygen atoms in total. The fourth-order valence-electron chi connectivity index (χ4n) is 3.46. The molecule has 0 saturated heterocycles. The fraction of sp³-hybridized carbons (Fsp3) is 0.647. The third kappa shape index (κ3) is 3.75. The van der Waals surface area contributed by atoms with Gasteiger partial charge in [-0.15, -0.1) is 0 Å². The summed E-state index contributed by atoms with van der Waals surface area (Å²) in [4.78, 5) is 2.60. The molecule has 1 aliphatic carbocycles. The van der Waals surface area contributed by atoms with Crippen molar-refractivity contribution in [3.63, 3.8) is 0 Å². The molecule has 0 radical (unpaired) electrons. The molecule has 0 amide bonds. The molecule has 2 atom stereocenters. The smallest absolute Gasteiger partial charge is 0.0408 e. The lowest BCUT2D eigenvalue weighted by atomic mass is 9.83. The van der Waals surface area contributed by atoms with Crippen molar-refractivity contribution >= 4 is 11.6 Å². The molecule has 1 fully saturated rings. The van der Waals surface area contributed by atoms with Gasteiger partial charge in [-0.2, -0.15) is 0 Å². The maximum absolute atomic E-state index is 6.05. The number of hydrogen-bond acceptors (Lipinski definition) is 2. The van der Waals surface area contributed by atoms with Gasteiger partial charge in [0.25, 0.3) is 0 Å². The molecule has 0 aliphatic heterocycles. The SMILES string of the molecule is CCN(Cc1ccc(Cl)cc1C)C1CCCCC1CN. The van der Waals surface area contributed by atoms with Gasteiger partial charge in [0.1, 0.15) is 0 Å². The summed E-state index contributed by atoms with van der Waals surface area (Å²) in [6.07, 6.45) is 5.27. The number of hydrogen-bond donors (Lipinski definition) is 1. The molecule has 112 valence electrons. The molecule has 1 saturated carbocycles. The van der Waals surface area contributed by atoms with Crippen LogP contribution in [0.25, 0.3) is 0 Å². The van der Waals surface area contributed by atoms with Gasteiger partial charge < -0.3 is 5.73 Å². The van der Waals surface area contributed by atoms with Crippen LogP contribution in [0.2, 0.25) is 5.02 Å². The van der Waals surface area contributed by atoms with E-state index in [1.807, 2.05) is 6.07 Å². The molecule has 2 rings (SSSR count). The molecule has 2 unspecified atom stereocenters. The lowest BCUT2D eigenvalue weighted by molar-refractivity contribution is 0.105. The Morgan fingerprint density at radius 2 is 2.05 bits per heavy atom. The second kappa shape index (κ2) is 7.44. The minimum Gasteiger partial charge on any atom is -0.330 e. The maximum Gasteiger partial charge on any atom is 0.0408 e. The van der Waals surface area contributed by atoms with Gasteiger partial charge in [0.15, 0.2) is 0 Å². The van der Waals surface area contributed by atoms with Crippen LogP contribution in [0.5, 0.6) is 0 Å². The Kier molecular flexibility index (Phi) is 5.88. The third-order valence-electron chi connectivity index (χ3n) is 4.72. The number of benzene rings is 1. The highest BCUT2D eigenvalue weighted by atomic mass is 35.5. The third-order valence-corrected chi connectivity index (χ3v) is 4.96. The highest BCUT2D eigenvalue weighted by molar-refractivity contribution is 6.30. The predicted molar refractivity (Wildman–Crippen MR) is 87.1 cm³/mol. The van der Waals surface area contributed by atoms with Gasteiger partial charge in [0.05, 0.1) is 0 Å². The summed E-state index contributed by atoms with van der Waals surface area (Å²) < 4.78 is 0. The van der Waals surface area contributed by atoms with Crippen molar-refractivity contribution in [2.75, 3.05) is 13.1 Å². The van der Waals surface area contributed by atoms with Gasteiger partial charge in [-0.25, -0.2) is 0 Å². The van der Waals surface area contributed by atoms with E-state index in [1.54, 1.807) is 0 Å². The van der Waals surface area contributed by atoms with Crippen molar-refractivity contribution in [2.24, 2.45) is 11.7 Å². The topological polar surface area (TPSA) is 29.3 Å². The summed E-state index contributed by atoms with van der Waals surface area (Å²) in [5.41, 5.74) is 8.66. The predicted octanol–water partition coefficient (Wildman–Crippen LogP) is 3.99. The zero-order valence-electron chi connectivity index (χ0n) is 12.7. The molecule has 3 heteroatoms. The fourth-order valence-corrected chi connectivity index (χ4v) is 3.69. The van der Waals surface area contributed by atoms with Crippen molar-refractivity contribution in [2.45, 2.75) is 52.1 Å². The average molecular weight is 295 g/mol. The van der Waals surface area contributed by atoms with Crippen molar-refractivity contribution in [1.82, 2.24) is 4.90 Å². The largest absolute Gasteiger partial charge is 0.330 e. The lowest BCUT2D eigenvalue weighted by Crippen LogP contribution is -2.44. The number of rotatable bonds is 5. The van der Waals surface area contributed by atoms with E-state index in [0.29, 0.717) is 12.0 Å². The summed E-state index contributed by atoms with van der Waals surface area (Å²) in [6.45, 7) is 7.33. The van der Waals surface area contributed by atoms with Gasteiger partial charge in [-0.3, -0.25) is 4.90 Å². The molecule has 0 bridgehead atoms. The average Bonchev–Trinajstić information content (AvgIpc) is 2.46. The van der Waals surface area contributed by atoms with E-state index in [9.17, 15) is 0 Å². The lowest BCUT2D eigenvalue weighted by Gasteiger charge is -2.39. The standard InChI is InChI=1S/C17H27ClN2/c1-3-20(17-7-5-4-6-14(17)11-19)12-15-8-9-16(18)10-13(15)2/h8-10,14,17H,3-7,11-12,19H2,1-2H3. The molecule has 1 aromatic rings. The van der Waals surface area contributed by atoms with Crippen LogP contribution in [0.15, 0.2) is 18.2 Å². The van der Waals surface area contributed by atoms with Gasteiger partial charge >= 0.3 is 0 Å². The summed E-state index contributed by atoms with van der Waals surface area (Å²) in [5, 5.41) is 0.826. The summed E-state index contributed by atoms with van der Waals surface area (Å²) in [7, 11) is 0. The normalized spacial score (nSPS) is 23.2. The van der Waals surface area contributed by atoms with Crippen molar-refractivity contribution in [3.05, 3.63) is 34.3 Å². The Morgan fingerprint density at radius 3 is 2.70 bits per heavy atom. The zero-order chi connectivity index (χ0) is 14.5. The van der Waals surface area contributed by atoms with Crippen LogP contribution >= 0.6 is 11.6 Å². The minimum atomic E-state index is 0.647. The first-order valence-corrected chi connectivity index (χ1v) is 8.22. The van der Waals surface area contributed by atoms with Gasteiger partial charge in [0, 0.05) is 17.6 Å². The Balaban J connectivity index is 2.11. The van der Waals surface area contributed by atoms with Gasteiger partial charge in [-0.05, 0) is 62.0 Å². The molecular formula is C17H27ClN2. The Hall–Kier alpha value is -0.570. The summed E-state index contributed by atoms with van der Waals surface area (Å²) in [5.74, 6) is 0.663. The van der Waals surface area contributed by atoms with Crippen LogP contribution in [-0.2, 0) is 6.54 Å². The monoisotopic (exact) mass is 294 g/mol. The first-order valence-electron chi connectivity index (χ1n) is 7.84. The molecule has 2 N–H and O–H groups in total. The van der Waals surface area contributed by atoms with Crippen LogP contribution in [0.1, 0.15) is 43.7 Å². The van der Waals surface area contributed by atoms with E-state index in [1.165, 1.54) is 36.8 Å².